The maximum absolute atomic E-state index is 12.2. The number of benzene rings is 1. The molecule has 11 nitrogen and oxygen atoms in total. The fraction of sp³-hybridized carbons (Fsp3) is 0.429. The average molecular weight is 358 g/mol. The van der Waals surface area contributed by atoms with E-state index in [1.54, 1.807) is 5.32 Å². The third-order valence-electron chi connectivity index (χ3n) is 3.49. The van der Waals surface area contributed by atoms with Gasteiger partial charge in [-0.15, -0.1) is 0 Å². The van der Waals surface area contributed by atoms with E-state index in [9.17, 15) is 40.1 Å². The molecule has 0 aromatic heterocycles. The van der Waals surface area contributed by atoms with Gasteiger partial charge in [0.15, 0.2) is 5.60 Å². The van der Waals surface area contributed by atoms with Crippen LogP contribution in [0.5, 0.6) is 0 Å². The van der Waals surface area contributed by atoms with Gasteiger partial charge in [0.05, 0.1) is 11.5 Å². The standard InChI is InChI=1S/C14H18N2O9/c1-7(18)15-13(22)14(23,12(21)11(20)10(19)6-17)8-2-4-9(5-3-8)16(24)25/h2-5,10-12,17,19-21,23H,6H2,1H3,(H,15,18,22)/t10-,11-,12+,14-/m1/s1. The van der Waals surface area contributed by atoms with Crippen LogP contribution >= 0.6 is 0 Å². The minimum Gasteiger partial charge on any atom is -0.394 e. The molecule has 0 aliphatic carbocycles. The minimum absolute atomic E-state index is 0.372. The Labute approximate surface area is 141 Å². The molecule has 1 aromatic rings. The highest BCUT2D eigenvalue weighted by Gasteiger charge is 2.50. The molecule has 25 heavy (non-hydrogen) atoms. The maximum atomic E-state index is 12.2. The SMILES string of the molecule is CC(=O)NC(=O)[C@@](O)(c1ccc([N+](=O)[O-])cc1)[C@@H](O)[C@H](O)[C@H](O)CO. The Kier molecular flexibility index (Phi) is 6.67. The predicted octanol–water partition coefficient (Wildman–Crippen LogP) is -2.48. The molecular formula is C14H18N2O9. The van der Waals surface area contributed by atoms with Gasteiger partial charge in [0.1, 0.15) is 18.3 Å². The second-order valence-corrected chi connectivity index (χ2v) is 5.27. The normalized spacial score (nSPS) is 17.0. The van der Waals surface area contributed by atoms with Crippen molar-refractivity contribution in [2.24, 2.45) is 0 Å². The Bertz CT molecular complexity index is 648. The number of nitro benzene ring substituents is 1. The molecule has 0 unspecified atom stereocenters. The second-order valence-electron chi connectivity index (χ2n) is 5.27. The van der Waals surface area contributed by atoms with E-state index < -0.39 is 47.3 Å². The molecule has 4 atom stereocenters. The summed E-state index contributed by atoms with van der Waals surface area (Å²) in [6.07, 6.45) is -6.43. The summed E-state index contributed by atoms with van der Waals surface area (Å²) in [5.41, 5.74) is -3.69. The molecule has 2 amide bonds. The zero-order valence-electron chi connectivity index (χ0n) is 13.1. The summed E-state index contributed by atoms with van der Waals surface area (Å²) in [6, 6.07) is 3.75. The minimum atomic E-state index is -2.93. The molecule has 0 spiro atoms. The number of hydrogen-bond acceptors (Lipinski definition) is 9. The zero-order valence-corrected chi connectivity index (χ0v) is 13.1. The second kappa shape index (κ2) is 8.09. The van der Waals surface area contributed by atoms with Gasteiger partial charge in [-0.3, -0.25) is 25.0 Å². The molecule has 0 aliphatic rings. The van der Waals surface area contributed by atoms with Gasteiger partial charge in [-0.2, -0.15) is 0 Å². The lowest BCUT2D eigenvalue weighted by molar-refractivity contribution is -0.384. The van der Waals surface area contributed by atoms with Crippen LogP contribution in [0.4, 0.5) is 5.69 Å². The highest BCUT2D eigenvalue weighted by atomic mass is 16.6. The number of nitro groups is 1. The smallest absolute Gasteiger partial charge is 0.269 e. The van der Waals surface area contributed by atoms with E-state index in [-0.39, 0.29) is 11.3 Å². The summed E-state index contributed by atoms with van der Waals surface area (Å²) in [6.45, 7) is -0.0254. The number of amides is 2. The molecule has 0 bridgehead atoms. The van der Waals surface area contributed by atoms with E-state index >= 15 is 0 Å². The Morgan fingerprint density at radius 2 is 1.76 bits per heavy atom. The summed E-state index contributed by atoms with van der Waals surface area (Å²) in [5, 5.41) is 61.4. The lowest BCUT2D eigenvalue weighted by Crippen LogP contribution is -2.59. The van der Waals surface area contributed by atoms with E-state index in [0.29, 0.717) is 0 Å². The van der Waals surface area contributed by atoms with E-state index in [1.165, 1.54) is 0 Å². The Morgan fingerprint density at radius 1 is 1.24 bits per heavy atom. The predicted molar refractivity (Wildman–Crippen MR) is 80.9 cm³/mol. The summed E-state index contributed by atoms with van der Waals surface area (Å²) in [4.78, 5) is 33.3. The Hall–Kier alpha value is -2.44. The summed E-state index contributed by atoms with van der Waals surface area (Å²) < 4.78 is 0. The van der Waals surface area contributed by atoms with Gasteiger partial charge < -0.3 is 25.5 Å². The number of aliphatic hydroxyl groups is 5. The van der Waals surface area contributed by atoms with E-state index in [1.807, 2.05) is 0 Å². The largest absolute Gasteiger partial charge is 0.394 e. The van der Waals surface area contributed by atoms with Crippen molar-refractivity contribution in [3.63, 3.8) is 0 Å². The van der Waals surface area contributed by atoms with Crippen LogP contribution in [0.2, 0.25) is 0 Å². The summed E-state index contributed by atoms with van der Waals surface area (Å²) >= 11 is 0. The number of nitrogens with one attached hydrogen (secondary N) is 1. The monoisotopic (exact) mass is 358 g/mol. The topological polar surface area (TPSA) is 190 Å². The summed E-state index contributed by atoms with van der Waals surface area (Å²) in [5.74, 6) is -2.31. The molecule has 1 aromatic carbocycles. The van der Waals surface area contributed by atoms with Crippen molar-refractivity contribution in [2.75, 3.05) is 6.61 Å². The number of imide groups is 1. The van der Waals surface area contributed by atoms with Gasteiger partial charge >= 0.3 is 0 Å². The number of carbonyl (C=O) groups is 2. The van der Waals surface area contributed by atoms with Gasteiger partial charge in [-0.25, -0.2) is 0 Å². The molecule has 1 rings (SSSR count). The van der Waals surface area contributed by atoms with Crippen LogP contribution in [0.15, 0.2) is 24.3 Å². The molecular weight excluding hydrogens is 340 g/mol. The van der Waals surface area contributed by atoms with Crippen LogP contribution in [0.1, 0.15) is 12.5 Å². The number of nitrogens with zero attached hydrogens (tertiary/aromatic N) is 1. The van der Waals surface area contributed by atoms with Crippen molar-refractivity contribution in [1.29, 1.82) is 0 Å². The van der Waals surface area contributed by atoms with Gasteiger partial charge in [0.2, 0.25) is 5.91 Å². The lowest BCUT2D eigenvalue weighted by Gasteiger charge is -2.35. The van der Waals surface area contributed by atoms with Crippen molar-refractivity contribution >= 4 is 17.5 Å². The lowest BCUT2D eigenvalue weighted by atomic mass is 9.83. The van der Waals surface area contributed by atoms with Crippen LogP contribution in [-0.4, -0.2) is 67.2 Å². The molecule has 0 heterocycles. The number of aliphatic hydroxyl groups excluding tert-OH is 4. The molecule has 138 valence electrons. The number of rotatable bonds is 7. The van der Waals surface area contributed by atoms with Crippen LogP contribution in [0.25, 0.3) is 0 Å². The van der Waals surface area contributed by atoms with Crippen molar-refractivity contribution < 1.29 is 40.0 Å². The van der Waals surface area contributed by atoms with Crippen LogP contribution in [0.3, 0.4) is 0 Å². The van der Waals surface area contributed by atoms with E-state index in [2.05, 4.69) is 0 Å². The maximum Gasteiger partial charge on any atom is 0.269 e. The van der Waals surface area contributed by atoms with Crippen molar-refractivity contribution in [2.45, 2.75) is 30.8 Å². The fourth-order valence-electron chi connectivity index (χ4n) is 2.09. The average Bonchev–Trinajstić information content (AvgIpc) is 2.58. The molecule has 11 heteroatoms. The third kappa shape index (κ3) is 4.35. The Morgan fingerprint density at radius 3 is 2.16 bits per heavy atom. The first-order valence-corrected chi connectivity index (χ1v) is 7.00. The first kappa shape index (κ1) is 20.6. The van der Waals surface area contributed by atoms with Gasteiger partial charge in [-0.1, -0.05) is 0 Å². The third-order valence-corrected chi connectivity index (χ3v) is 3.49. The summed E-state index contributed by atoms with van der Waals surface area (Å²) in [7, 11) is 0. The Balaban J connectivity index is 3.38. The fourth-order valence-corrected chi connectivity index (χ4v) is 2.09. The van der Waals surface area contributed by atoms with Gasteiger partial charge in [0.25, 0.3) is 11.6 Å². The molecule has 0 saturated carbocycles. The highest BCUT2D eigenvalue weighted by molar-refractivity contribution is 5.99. The molecule has 0 saturated heterocycles. The number of non-ortho nitro benzene ring substituents is 1. The van der Waals surface area contributed by atoms with Crippen LogP contribution in [0, 0.1) is 10.1 Å². The molecule has 0 aliphatic heterocycles. The van der Waals surface area contributed by atoms with E-state index in [4.69, 9.17) is 5.11 Å². The van der Waals surface area contributed by atoms with Crippen molar-refractivity contribution in [3.05, 3.63) is 39.9 Å². The highest BCUT2D eigenvalue weighted by Crippen LogP contribution is 2.30. The van der Waals surface area contributed by atoms with Crippen molar-refractivity contribution in [1.82, 2.24) is 5.32 Å². The number of hydrogen-bond donors (Lipinski definition) is 6. The molecule has 0 radical (unpaired) electrons. The van der Waals surface area contributed by atoms with Gasteiger partial charge in [-0.05, 0) is 17.7 Å². The molecule has 6 N–H and O–H groups in total. The van der Waals surface area contributed by atoms with Crippen LogP contribution < -0.4 is 5.32 Å². The quantitative estimate of drug-likeness (QED) is 0.226. The van der Waals surface area contributed by atoms with Crippen LogP contribution in [-0.2, 0) is 15.2 Å². The number of carbonyl (C=O) groups excluding carboxylic acids is 2. The van der Waals surface area contributed by atoms with Crippen molar-refractivity contribution in [3.8, 4) is 0 Å². The van der Waals surface area contributed by atoms with E-state index in [0.717, 1.165) is 31.2 Å². The first-order valence-electron chi connectivity index (χ1n) is 7.00. The molecule has 0 fully saturated rings. The van der Waals surface area contributed by atoms with Gasteiger partial charge in [0, 0.05) is 19.1 Å². The zero-order chi connectivity index (χ0) is 19.4. The first-order chi connectivity index (χ1) is 11.5.